The number of Topliss-reactive ketones (excluding diaryl/α,β-unsaturated/α-hetero) is 1. The smallest absolute Gasteiger partial charge is 0.397 e. The molecule has 0 aliphatic rings. The van der Waals surface area contributed by atoms with Crippen LogP contribution in [0.5, 0.6) is 0 Å². The molecule has 0 bridgehead atoms. The van der Waals surface area contributed by atoms with Crippen molar-refractivity contribution in [3.8, 4) is 0 Å². The fourth-order valence-electron chi connectivity index (χ4n) is 1.76. The molecule has 1 aromatic carbocycles. The zero-order chi connectivity index (χ0) is 14.7. The first-order valence-electron chi connectivity index (χ1n) is 6.01. The number of hydrogen-bond acceptors (Lipinski definition) is 5. The number of rotatable bonds is 5. The van der Waals surface area contributed by atoms with E-state index in [0.717, 1.165) is 11.3 Å². The summed E-state index contributed by atoms with van der Waals surface area (Å²) >= 11 is 0. The van der Waals surface area contributed by atoms with Crippen LogP contribution in [0.1, 0.15) is 16.1 Å². The number of anilines is 1. The minimum atomic E-state index is -0.664. The maximum atomic E-state index is 11.9. The molecular weight excluding hydrogens is 260 g/mol. The van der Waals surface area contributed by atoms with Gasteiger partial charge in [0.1, 0.15) is 4.92 Å². The summed E-state index contributed by atoms with van der Waals surface area (Å²) in [4.78, 5) is 23.7. The first-order chi connectivity index (χ1) is 9.47. The van der Waals surface area contributed by atoms with Gasteiger partial charge in [0.15, 0.2) is 5.76 Å². The fraction of sp³-hybridized carbons (Fsp3) is 0.214. The molecule has 1 heterocycles. The van der Waals surface area contributed by atoms with Crippen LogP contribution in [-0.4, -0.2) is 24.8 Å². The van der Waals surface area contributed by atoms with Crippen LogP contribution >= 0.6 is 0 Å². The van der Waals surface area contributed by atoms with E-state index in [1.807, 2.05) is 43.3 Å². The van der Waals surface area contributed by atoms with Crippen molar-refractivity contribution in [1.29, 1.82) is 0 Å². The number of nitro groups is 1. The lowest BCUT2D eigenvalue weighted by molar-refractivity contribution is -0.402. The van der Waals surface area contributed by atoms with Crippen molar-refractivity contribution in [2.24, 2.45) is 0 Å². The van der Waals surface area contributed by atoms with Gasteiger partial charge in [-0.05, 0) is 23.8 Å². The van der Waals surface area contributed by atoms with E-state index in [1.54, 1.807) is 0 Å². The molecule has 0 aliphatic heterocycles. The molecule has 0 radical (unpaired) electrons. The molecule has 0 atom stereocenters. The highest BCUT2D eigenvalue weighted by Crippen LogP contribution is 2.18. The van der Waals surface area contributed by atoms with Gasteiger partial charge < -0.3 is 9.32 Å². The molecule has 2 rings (SSSR count). The third kappa shape index (κ3) is 3.03. The van der Waals surface area contributed by atoms with E-state index < -0.39 is 10.8 Å². The standard InChI is InChI=1S/C14H14N2O4/c1-15(2)11-5-3-10(4-6-11)9-12(17)13-7-8-14(20-13)16(18)19/h3-8H,9H2,1-2H3. The maximum absolute atomic E-state index is 11.9. The van der Waals surface area contributed by atoms with Crippen LogP contribution < -0.4 is 4.90 Å². The van der Waals surface area contributed by atoms with Crippen molar-refractivity contribution in [1.82, 2.24) is 0 Å². The highest BCUT2D eigenvalue weighted by Gasteiger charge is 2.17. The SMILES string of the molecule is CN(C)c1ccc(CC(=O)c2ccc([N+](=O)[O-])o2)cc1. The molecule has 6 heteroatoms. The quantitative estimate of drug-likeness (QED) is 0.476. The second kappa shape index (κ2) is 5.56. The van der Waals surface area contributed by atoms with Gasteiger partial charge in [0.05, 0.1) is 6.07 Å². The number of benzene rings is 1. The average molecular weight is 274 g/mol. The van der Waals surface area contributed by atoms with Crippen molar-refractivity contribution in [2.45, 2.75) is 6.42 Å². The normalized spacial score (nSPS) is 10.3. The Morgan fingerprint density at radius 2 is 1.85 bits per heavy atom. The van der Waals surface area contributed by atoms with Gasteiger partial charge in [-0.25, -0.2) is 0 Å². The Morgan fingerprint density at radius 3 is 2.35 bits per heavy atom. The van der Waals surface area contributed by atoms with E-state index in [1.165, 1.54) is 12.1 Å². The first kappa shape index (κ1) is 13.8. The summed E-state index contributed by atoms with van der Waals surface area (Å²) in [6.45, 7) is 0. The van der Waals surface area contributed by atoms with Gasteiger partial charge in [0.2, 0.25) is 5.78 Å². The molecule has 0 fully saturated rings. The lowest BCUT2D eigenvalue weighted by atomic mass is 10.1. The van der Waals surface area contributed by atoms with E-state index in [0.29, 0.717) is 0 Å². The van der Waals surface area contributed by atoms with Crippen molar-refractivity contribution in [2.75, 3.05) is 19.0 Å². The average Bonchev–Trinajstić information content (AvgIpc) is 2.89. The second-order valence-corrected chi connectivity index (χ2v) is 4.56. The lowest BCUT2D eigenvalue weighted by Crippen LogP contribution is -2.08. The Labute approximate surface area is 115 Å². The lowest BCUT2D eigenvalue weighted by Gasteiger charge is -2.12. The summed E-state index contributed by atoms with van der Waals surface area (Å²) < 4.78 is 4.88. The molecule has 0 aliphatic carbocycles. The number of carbonyl (C=O) groups excluding carboxylic acids is 1. The summed E-state index contributed by atoms with van der Waals surface area (Å²) in [5, 5.41) is 10.5. The zero-order valence-electron chi connectivity index (χ0n) is 11.2. The van der Waals surface area contributed by atoms with Gasteiger partial charge in [-0.2, -0.15) is 0 Å². The van der Waals surface area contributed by atoms with Gasteiger partial charge in [-0.15, -0.1) is 0 Å². The monoisotopic (exact) mass is 274 g/mol. The van der Waals surface area contributed by atoms with Gasteiger partial charge >= 0.3 is 5.88 Å². The molecule has 20 heavy (non-hydrogen) atoms. The van der Waals surface area contributed by atoms with Crippen LogP contribution in [0.25, 0.3) is 0 Å². The number of furan rings is 1. The molecule has 0 unspecified atom stereocenters. The van der Waals surface area contributed by atoms with Crippen LogP contribution in [-0.2, 0) is 6.42 Å². The summed E-state index contributed by atoms with van der Waals surface area (Å²) in [6.07, 6.45) is 0.151. The molecule has 2 aromatic rings. The van der Waals surface area contributed by atoms with Crippen LogP contribution in [0.2, 0.25) is 0 Å². The second-order valence-electron chi connectivity index (χ2n) is 4.56. The van der Waals surface area contributed by atoms with E-state index in [2.05, 4.69) is 0 Å². The summed E-state index contributed by atoms with van der Waals surface area (Å²) in [5.41, 5.74) is 1.87. The van der Waals surface area contributed by atoms with E-state index in [4.69, 9.17) is 4.42 Å². The zero-order valence-corrected chi connectivity index (χ0v) is 11.2. The molecule has 0 spiro atoms. The van der Waals surface area contributed by atoms with Gasteiger partial charge in [-0.3, -0.25) is 14.9 Å². The van der Waals surface area contributed by atoms with Gasteiger partial charge in [-0.1, -0.05) is 12.1 Å². The number of ketones is 1. The highest BCUT2D eigenvalue weighted by atomic mass is 16.6. The topological polar surface area (TPSA) is 76.6 Å². The largest absolute Gasteiger partial charge is 0.433 e. The minimum Gasteiger partial charge on any atom is -0.397 e. The van der Waals surface area contributed by atoms with Crippen molar-refractivity contribution in [3.05, 3.63) is 57.8 Å². The molecule has 0 saturated carbocycles. The Kier molecular flexibility index (Phi) is 3.84. The summed E-state index contributed by atoms with van der Waals surface area (Å²) in [6, 6.07) is 10.0. The predicted molar refractivity (Wildman–Crippen MR) is 74.2 cm³/mol. The van der Waals surface area contributed by atoms with Crippen LogP contribution in [0.4, 0.5) is 11.6 Å². The predicted octanol–water partition coefficient (Wildman–Crippen LogP) is 2.68. The Balaban J connectivity index is 2.08. The molecule has 104 valence electrons. The van der Waals surface area contributed by atoms with Gasteiger partial charge in [0.25, 0.3) is 0 Å². The number of hydrogen-bond donors (Lipinski definition) is 0. The Hall–Kier alpha value is -2.63. The molecule has 6 nitrogen and oxygen atoms in total. The molecule has 0 N–H and O–H groups in total. The summed E-state index contributed by atoms with van der Waals surface area (Å²) in [5.74, 6) is -0.694. The Morgan fingerprint density at radius 1 is 1.20 bits per heavy atom. The first-order valence-corrected chi connectivity index (χ1v) is 6.01. The molecule has 0 saturated heterocycles. The minimum absolute atomic E-state index is 0.00776. The van der Waals surface area contributed by atoms with Crippen LogP contribution in [0.3, 0.4) is 0 Å². The van der Waals surface area contributed by atoms with E-state index in [-0.39, 0.29) is 18.0 Å². The Bertz CT molecular complexity index is 629. The van der Waals surface area contributed by atoms with E-state index >= 15 is 0 Å². The van der Waals surface area contributed by atoms with Crippen LogP contribution in [0, 0.1) is 10.1 Å². The summed E-state index contributed by atoms with van der Waals surface area (Å²) in [7, 11) is 3.87. The molecule has 1 aromatic heterocycles. The molecule has 0 amide bonds. The van der Waals surface area contributed by atoms with Crippen molar-refractivity contribution < 1.29 is 14.1 Å². The maximum Gasteiger partial charge on any atom is 0.433 e. The highest BCUT2D eigenvalue weighted by molar-refractivity contribution is 5.95. The third-order valence-corrected chi connectivity index (χ3v) is 2.86. The third-order valence-electron chi connectivity index (χ3n) is 2.86. The fourth-order valence-corrected chi connectivity index (χ4v) is 1.76. The van der Waals surface area contributed by atoms with Crippen molar-refractivity contribution >= 4 is 17.4 Å². The molecular formula is C14H14N2O4. The number of carbonyl (C=O) groups is 1. The van der Waals surface area contributed by atoms with Crippen molar-refractivity contribution in [3.63, 3.8) is 0 Å². The van der Waals surface area contributed by atoms with E-state index in [9.17, 15) is 14.9 Å². The number of nitrogens with zero attached hydrogens (tertiary/aromatic N) is 2. The van der Waals surface area contributed by atoms with Gasteiger partial charge in [0, 0.05) is 26.2 Å². The van der Waals surface area contributed by atoms with Crippen LogP contribution in [0.15, 0.2) is 40.8 Å².